The smallest absolute Gasteiger partial charge is 0.254 e. The van der Waals surface area contributed by atoms with Crippen molar-refractivity contribution in [2.75, 3.05) is 7.05 Å². The van der Waals surface area contributed by atoms with E-state index in [1.54, 1.807) is 41.0 Å². The third-order valence-electron chi connectivity index (χ3n) is 6.17. The van der Waals surface area contributed by atoms with Gasteiger partial charge in [0.25, 0.3) is 5.91 Å². The van der Waals surface area contributed by atoms with Crippen LogP contribution in [-0.2, 0) is 10.0 Å². The number of pyridine rings is 1. The molecule has 0 saturated heterocycles. The highest BCUT2D eigenvalue weighted by atomic mass is 32.2. The van der Waals surface area contributed by atoms with Gasteiger partial charge in [0.2, 0.25) is 10.0 Å². The molecule has 1 atom stereocenters. The number of aromatic nitrogens is 3. The molecule has 35 heavy (non-hydrogen) atoms. The van der Waals surface area contributed by atoms with Crippen molar-refractivity contribution in [1.82, 2.24) is 19.7 Å². The number of hydrogen-bond donors (Lipinski definition) is 1. The molecular formula is C25H29N5O4S. The van der Waals surface area contributed by atoms with Crippen molar-refractivity contribution < 1.29 is 17.6 Å². The molecule has 0 aliphatic carbocycles. The van der Waals surface area contributed by atoms with Gasteiger partial charge in [0.15, 0.2) is 5.65 Å². The molecule has 1 unspecified atom stereocenters. The second kappa shape index (κ2) is 8.94. The molecule has 184 valence electrons. The summed E-state index contributed by atoms with van der Waals surface area (Å²) in [6.07, 6.45) is 1.66. The van der Waals surface area contributed by atoms with E-state index in [4.69, 9.17) is 14.5 Å². The van der Waals surface area contributed by atoms with Crippen molar-refractivity contribution in [3.8, 4) is 11.3 Å². The predicted octanol–water partition coefficient (Wildman–Crippen LogP) is 4.37. The Morgan fingerprint density at radius 2 is 1.86 bits per heavy atom. The average molecular weight is 496 g/mol. The lowest BCUT2D eigenvalue weighted by Crippen LogP contribution is -2.30. The van der Waals surface area contributed by atoms with Gasteiger partial charge in [-0.25, -0.2) is 23.2 Å². The minimum absolute atomic E-state index is 0.000277. The summed E-state index contributed by atoms with van der Waals surface area (Å²) < 4.78 is 31.1. The van der Waals surface area contributed by atoms with Crippen LogP contribution in [-0.4, -0.2) is 41.0 Å². The number of carbonyl (C=O) groups excluding carboxylic acids is 1. The van der Waals surface area contributed by atoms with Crippen molar-refractivity contribution in [2.45, 2.75) is 51.6 Å². The van der Waals surface area contributed by atoms with Gasteiger partial charge in [0.05, 0.1) is 33.8 Å². The van der Waals surface area contributed by atoms with Crippen LogP contribution in [0.1, 0.15) is 60.3 Å². The number of nitrogens with two attached hydrogens (primary N) is 1. The zero-order chi connectivity index (χ0) is 25.7. The molecule has 1 amide bonds. The number of primary sulfonamides is 1. The van der Waals surface area contributed by atoms with Crippen LogP contribution >= 0.6 is 0 Å². The molecule has 3 aromatic heterocycles. The Labute approximate surface area is 204 Å². The maximum absolute atomic E-state index is 13.8. The molecule has 0 bridgehead atoms. The van der Waals surface area contributed by atoms with E-state index in [1.807, 2.05) is 40.7 Å². The molecule has 4 aromatic rings. The molecule has 2 N–H and O–H groups in total. The summed E-state index contributed by atoms with van der Waals surface area (Å²) in [5.74, 6) is 1.23. The maximum atomic E-state index is 13.8. The summed E-state index contributed by atoms with van der Waals surface area (Å²) >= 11 is 0. The topological polar surface area (TPSA) is 124 Å². The zero-order valence-electron chi connectivity index (χ0n) is 20.6. The second-order valence-corrected chi connectivity index (χ2v) is 10.6. The van der Waals surface area contributed by atoms with Crippen molar-refractivity contribution >= 4 is 27.0 Å². The van der Waals surface area contributed by atoms with Crippen molar-refractivity contribution in [3.05, 3.63) is 65.2 Å². The van der Waals surface area contributed by atoms with Gasteiger partial charge >= 0.3 is 0 Å². The summed E-state index contributed by atoms with van der Waals surface area (Å²) in [5, 5.41) is 10.4. The Kier molecular flexibility index (Phi) is 6.29. The number of aryl methyl sites for hydroxylation is 2. The molecule has 0 spiro atoms. The fraction of sp³-hybridized carbons (Fsp3) is 0.320. The standard InChI is InChI=1S/C25H29N5O4S/c1-14(2)30-24-22(13-27-30)21(12-23(28-24)20-10-15(3)34-17(20)5)25(31)29(6)16(4)18-8-7-9-19(11-18)35(26,32)33/h7-14,16H,1-6H3,(H2,26,32,33). The fourth-order valence-electron chi connectivity index (χ4n) is 4.14. The first-order chi connectivity index (χ1) is 16.4. The third-order valence-corrected chi connectivity index (χ3v) is 7.08. The quantitative estimate of drug-likeness (QED) is 0.423. The summed E-state index contributed by atoms with van der Waals surface area (Å²) in [7, 11) is -2.18. The SMILES string of the molecule is Cc1cc(-c2cc(C(=O)N(C)C(C)c3cccc(S(N)(=O)=O)c3)c3cnn(C(C)C)c3n2)c(C)o1. The maximum Gasteiger partial charge on any atom is 0.254 e. The molecule has 4 rings (SSSR count). The van der Waals surface area contributed by atoms with Crippen LogP contribution in [0.2, 0.25) is 0 Å². The molecule has 9 nitrogen and oxygen atoms in total. The summed E-state index contributed by atoms with van der Waals surface area (Å²) in [4.78, 5) is 20.2. The Bertz CT molecular complexity index is 1530. The van der Waals surface area contributed by atoms with Crippen LogP contribution in [0.4, 0.5) is 0 Å². The van der Waals surface area contributed by atoms with E-state index in [0.29, 0.717) is 33.6 Å². The molecule has 10 heteroatoms. The van der Waals surface area contributed by atoms with Crippen molar-refractivity contribution in [2.24, 2.45) is 5.14 Å². The first-order valence-electron chi connectivity index (χ1n) is 11.2. The largest absolute Gasteiger partial charge is 0.466 e. The zero-order valence-corrected chi connectivity index (χ0v) is 21.4. The van der Waals surface area contributed by atoms with E-state index in [2.05, 4.69) is 5.10 Å². The number of amides is 1. The van der Waals surface area contributed by atoms with Crippen molar-refractivity contribution in [3.63, 3.8) is 0 Å². The monoisotopic (exact) mass is 495 g/mol. The van der Waals surface area contributed by atoms with Crippen LogP contribution in [0.5, 0.6) is 0 Å². The van der Waals surface area contributed by atoms with Gasteiger partial charge in [0.1, 0.15) is 11.5 Å². The number of sulfonamides is 1. The van der Waals surface area contributed by atoms with Crippen molar-refractivity contribution in [1.29, 1.82) is 0 Å². The van der Waals surface area contributed by atoms with Gasteiger partial charge in [-0.05, 0) is 64.4 Å². The highest BCUT2D eigenvalue weighted by Crippen LogP contribution is 2.32. The van der Waals surface area contributed by atoms with Crippen LogP contribution in [0.25, 0.3) is 22.3 Å². The molecule has 0 radical (unpaired) electrons. The van der Waals surface area contributed by atoms with E-state index >= 15 is 0 Å². The predicted molar refractivity (Wildman–Crippen MR) is 133 cm³/mol. The summed E-state index contributed by atoms with van der Waals surface area (Å²) in [6, 6.07) is 9.59. The molecular weight excluding hydrogens is 466 g/mol. The van der Waals surface area contributed by atoms with Crippen LogP contribution in [0.15, 0.2) is 51.9 Å². The summed E-state index contributed by atoms with van der Waals surface area (Å²) in [5.41, 5.74) is 3.14. The minimum atomic E-state index is -3.86. The number of fused-ring (bicyclic) bond motifs is 1. The first kappa shape index (κ1) is 24.6. The van der Waals surface area contributed by atoms with Gasteiger partial charge in [-0.15, -0.1) is 0 Å². The number of carbonyl (C=O) groups is 1. The van der Waals surface area contributed by atoms with Gasteiger partial charge in [-0.2, -0.15) is 5.10 Å². The minimum Gasteiger partial charge on any atom is -0.466 e. The lowest BCUT2D eigenvalue weighted by Gasteiger charge is -2.26. The van der Waals surface area contributed by atoms with Crippen LogP contribution in [0.3, 0.4) is 0 Å². The Hall–Kier alpha value is -3.50. The Balaban J connectivity index is 1.82. The fourth-order valence-corrected chi connectivity index (χ4v) is 4.71. The molecule has 0 aliphatic rings. The normalized spacial score (nSPS) is 12.9. The number of rotatable bonds is 6. The molecule has 0 aliphatic heterocycles. The van der Waals surface area contributed by atoms with Gasteiger partial charge in [0, 0.05) is 18.7 Å². The van der Waals surface area contributed by atoms with E-state index < -0.39 is 16.1 Å². The van der Waals surface area contributed by atoms with Crippen LogP contribution < -0.4 is 5.14 Å². The molecule has 1 aromatic carbocycles. The third kappa shape index (κ3) is 4.59. The number of furan rings is 1. The van der Waals surface area contributed by atoms with E-state index in [0.717, 1.165) is 11.3 Å². The number of benzene rings is 1. The highest BCUT2D eigenvalue weighted by Gasteiger charge is 2.25. The number of hydrogen-bond acceptors (Lipinski definition) is 6. The Morgan fingerprint density at radius 3 is 2.46 bits per heavy atom. The van der Waals surface area contributed by atoms with E-state index in [9.17, 15) is 13.2 Å². The summed E-state index contributed by atoms with van der Waals surface area (Å²) in [6.45, 7) is 9.57. The van der Waals surface area contributed by atoms with Gasteiger partial charge in [-0.1, -0.05) is 12.1 Å². The Morgan fingerprint density at radius 1 is 1.14 bits per heavy atom. The van der Waals surface area contributed by atoms with E-state index in [-0.39, 0.29) is 16.8 Å². The number of nitrogens with zero attached hydrogens (tertiary/aromatic N) is 4. The van der Waals surface area contributed by atoms with Gasteiger partial charge < -0.3 is 9.32 Å². The molecule has 0 fully saturated rings. The van der Waals surface area contributed by atoms with Gasteiger partial charge in [-0.3, -0.25) is 4.79 Å². The second-order valence-electron chi connectivity index (χ2n) is 9.01. The molecule has 3 heterocycles. The first-order valence-corrected chi connectivity index (χ1v) is 12.8. The van der Waals surface area contributed by atoms with Crippen LogP contribution in [0, 0.1) is 13.8 Å². The average Bonchev–Trinajstić information content (AvgIpc) is 3.38. The lowest BCUT2D eigenvalue weighted by molar-refractivity contribution is 0.0744. The lowest BCUT2D eigenvalue weighted by atomic mass is 10.0. The highest BCUT2D eigenvalue weighted by molar-refractivity contribution is 7.89. The van der Waals surface area contributed by atoms with E-state index in [1.165, 1.54) is 12.1 Å². The molecule has 0 saturated carbocycles.